The number of pyridine rings is 1. The van der Waals surface area contributed by atoms with Gasteiger partial charge >= 0.3 is 12.1 Å². The van der Waals surface area contributed by atoms with Gasteiger partial charge in [-0.2, -0.15) is 18.4 Å². The van der Waals surface area contributed by atoms with E-state index in [1.165, 1.54) is 13.0 Å². The number of aromatic nitrogens is 1. The number of esters is 1. The Kier molecular flexibility index (Phi) is 6.00. The maximum atomic E-state index is 13.8. The molecule has 142 valence electrons. The van der Waals surface area contributed by atoms with E-state index >= 15 is 0 Å². The van der Waals surface area contributed by atoms with Gasteiger partial charge in [0.15, 0.2) is 0 Å². The molecule has 0 aliphatic rings. The lowest BCUT2D eigenvalue weighted by Gasteiger charge is -2.12. The summed E-state index contributed by atoms with van der Waals surface area (Å²) < 4.78 is 62.1. The zero-order chi connectivity index (χ0) is 20.2. The summed E-state index contributed by atoms with van der Waals surface area (Å²) in [6.07, 6.45) is -4.63. The van der Waals surface area contributed by atoms with Crippen molar-refractivity contribution in [1.82, 2.24) is 4.98 Å². The monoisotopic (exact) mass is 382 g/mol. The van der Waals surface area contributed by atoms with Gasteiger partial charge in [-0.25, -0.2) is 14.2 Å². The molecule has 2 aromatic rings. The zero-order valence-electron chi connectivity index (χ0n) is 14.4. The molecule has 0 unspecified atom stereocenters. The molecule has 0 spiro atoms. The molecule has 0 amide bonds. The third kappa shape index (κ3) is 4.73. The third-order valence-corrected chi connectivity index (χ3v) is 3.53. The Morgan fingerprint density at radius 1 is 1.30 bits per heavy atom. The Morgan fingerprint density at radius 3 is 2.59 bits per heavy atom. The Morgan fingerprint density at radius 2 is 2.00 bits per heavy atom. The number of nitrogens with zero attached hydrogens (tertiary/aromatic N) is 2. The summed E-state index contributed by atoms with van der Waals surface area (Å²) in [5, 5.41) is 9.20. The highest BCUT2D eigenvalue weighted by Gasteiger charge is 2.31. The van der Waals surface area contributed by atoms with Gasteiger partial charge in [0.1, 0.15) is 24.1 Å². The predicted octanol–water partition coefficient (Wildman–Crippen LogP) is 4.18. The summed E-state index contributed by atoms with van der Waals surface area (Å²) in [5.41, 5.74) is -1.23. The van der Waals surface area contributed by atoms with E-state index in [9.17, 15) is 27.6 Å². The predicted molar refractivity (Wildman–Crippen MR) is 85.4 cm³/mol. The number of halogens is 4. The molecule has 2 rings (SSSR count). The second-order valence-electron chi connectivity index (χ2n) is 5.40. The molecule has 0 bridgehead atoms. The van der Waals surface area contributed by atoms with Crippen LogP contribution in [-0.2, 0) is 17.5 Å². The van der Waals surface area contributed by atoms with E-state index < -0.39 is 30.1 Å². The quantitative estimate of drug-likeness (QED) is 0.573. The fourth-order valence-corrected chi connectivity index (χ4v) is 2.20. The smallest absolute Gasteiger partial charge is 0.416 e. The van der Waals surface area contributed by atoms with E-state index in [1.807, 2.05) is 0 Å². The summed E-state index contributed by atoms with van der Waals surface area (Å²) in [5.74, 6) is -1.78. The Bertz CT molecular complexity index is 905. The van der Waals surface area contributed by atoms with Gasteiger partial charge in [-0.05, 0) is 38.1 Å². The van der Waals surface area contributed by atoms with Gasteiger partial charge in [0, 0.05) is 5.56 Å². The topological polar surface area (TPSA) is 72.2 Å². The number of benzene rings is 1. The lowest BCUT2D eigenvalue weighted by molar-refractivity contribution is -0.137. The van der Waals surface area contributed by atoms with E-state index in [0.29, 0.717) is 18.2 Å². The third-order valence-electron chi connectivity index (χ3n) is 3.53. The number of carbonyl (C=O) groups is 1. The lowest BCUT2D eigenvalue weighted by atomic mass is 10.1. The van der Waals surface area contributed by atoms with Gasteiger partial charge < -0.3 is 9.47 Å². The summed E-state index contributed by atoms with van der Waals surface area (Å²) in [4.78, 5) is 15.8. The summed E-state index contributed by atoms with van der Waals surface area (Å²) in [6.45, 7) is 2.65. The minimum Gasteiger partial charge on any atom is -0.472 e. The Balaban J connectivity index is 2.30. The molecule has 9 heteroatoms. The number of carbonyl (C=O) groups excluding carboxylic acids is 1. The van der Waals surface area contributed by atoms with E-state index in [1.54, 1.807) is 13.0 Å². The van der Waals surface area contributed by atoms with E-state index in [4.69, 9.17) is 9.47 Å². The van der Waals surface area contributed by atoms with Crippen LogP contribution in [0.1, 0.15) is 39.7 Å². The van der Waals surface area contributed by atoms with Crippen molar-refractivity contribution in [3.8, 4) is 11.9 Å². The number of ether oxygens (including phenoxy) is 2. The maximum absolute atomic E-state index is 13.8. The van der Waals surface area contributed by atoms with Crippen molar-refractivity contribution in [2.24, 2.45) is 0 Å². The lowest BCUT2D eigenvalue weighted by Crippen LogP contribution is -2.11. The highest BCUT2D eigenvalue weighted by molar-refractivity contribution is 5.91. The number of alkyl halides is 3. The van der Waals surface area contributed by atoms with Gasteiger partial charge in [-0.1, -0.05) is 0 Å². The molecule has 0 radical (unpaired) electrons. The van der Waals surface area contributed by atoms with Crippen LogP contribution < -0.4 is 4.74 Å². The van der Waals surface area contributed by atoms with Crippen LogP contribution in [0.2, 0.25) is 0 Å². The van der Waals surface area contributed by atoms with Gasteiger partial charge in [-0.3, -0.25) is 0 Å². The highest BCUT2D eigenvalue weighted by atomic mass is 19.4. The van der Waals surface area contributed by atoms with Crippen molar-refractivity contribution < 1.29 is 31.8 Å². The van der Waals surface area contributed by atoms with Crippen molar-refractivity contribution in [3.63, 3.8) is 0 Å². The highest BCUT2D eigenvalue weighted by Crippen LogP contribution is 2.31. The molecule has 1 heterocycles. The molecule has 1 aromatic heterocycles. The number of hydrogen-bond acceptors (Lipinski definition) is 5. The molecule has 0 aliphatic carbocycles. The number of rotatable bonds is 5. The van der Waals surface area contributed by atoms with E-state index in [2.05, 4.69) is 4.98 Å². The van der Waals surface area contributed by atoms with E-state index in [-0.39, 0.29) is 34.9 Å². The molecule has 0 aliphatic heterocycles. The number of aryl methyl sites for hydroxylation is 1. The molecule has 0 fully saturated rings. The first-order chi connectivity index (χ1) is 12.7. The first-order valence-corrected chi connectivity index (χ1v) is 7.74. The van der Waals surface area contributed by atoms with Crippen molar-refractivity contribution in [2.45, 2.75) is 26.6 Å². The molecule has 5 nitrogen and oxygen atoms in total. The van der Waals surface area contributed by atoms with Crippen LogP contribution in [0.3, 0.4) is 0 Å². The fraction of sp³-hybridized carbons (Fsp3) is 0.278. The molecule has 27 heavy (non-hydrogen) atoms. The second-order valence-corrected chi connectivity index (χ2v) is 5.40. The van der Waals surface area contributed by atoms with Crippen molar-refractivity contribution in [2.75, 3.05) is 6.61 Å². The van der Waals surface area contributed by atoms with Crippen LogP contribution in [0.15, 0.2) is 24.3 Å². The standard InChI is InChI=1S/C18H14F4N2O3/c1-3-26-17(25)14-7-11(8-23)16(24-10(14)2)27-9-12-6-13(18(20,21)22)4-5-15(12)19/h4-7H,3,9H2,1-2H3. The Hall–Kier alpha value is -3.15. The summed E-state index contributed by atoms with van der Waals surface area (Å²) in [7, 11) is 0. The number of nitriles is 1. The zero-order valence-corrected chi connectivity index (χ0v) is 14.4. The molecular formula is C18H14F4N2O3. The average Bonchev–Trinajstić information content (AvgIpc) is 2.60. The summed E-state index contributed by atoms with van der Waals surface area (Å²) >= 11 is 0. The molecule has 0 saturated heterocycles. The maximum Gasteiger partial charge on any atom is 0.416 e. The second kappa shape index (κ2) is 8.03. The molecule has 0 atom stereocenters. The van der Waals surface area contributed by atoms with Crippen LogP contribution in [0.5, 0.6) is 5.88 Å². The summed E-state index contributed by atoms with van der Waals surface area (Å²) in [6, 6.07) is 4.92. The number of hydrogen-bond donors (Lipinski definition) is 0. The molecule has 0 saturated carbocycles. The van der Waals surface area contributed by atoms with Crippen LogP contribution >= 0.6 is 0 Å². The molecular weight excluding hydrogens is 368 g/mol. The minimum atomic E-state index is -4.63. The van der Waals surface area contributed by atoms with Crippen LogP contribution in [0.4, 0.5) is 17.6 Å². The van der Waals surface area contributed by atoms with Crippen LogP contribution in [-0.4, -0.2) is 17.6 Å². The minimum absolute atomic E-state index is 0.0611. The van der Waals surface area contributed by atoms with Gasteiger partial charge in [-0.15, -0.1) is 0 Å². The Labute approximate surface area is 152 Å². The van der Waals surface area contributed by atoms with Crippen LogP contribution in [0, 0.1) is 24.1 Å². The normalized spacial score (nSPS) is 11.0. The van der Waals surface area contributed by atoms with Gasteiger partial charge in [0.25, 0.3) is 0 Å². The average molecular weight is 382 g/mol. The fourth-order valence-electron chi connectivity index (χ4n) is 2.20. The first kappa shape index (κ1) is 20.2. The van der Waals surface area contributed by atoms with Crippen molar-refractivity contribution in [3.05, 3.63) is 58.0 Å². The van der Waals surface area contributed by atoms with Crippen LogP contribution in [0.25, 0.3) is 0 Å². The van der Waals surface area contributed by atoms with Gasteiger partial charge in [0.2, 0.25) is 5.88 Å². The first-order valence-electron chi connectivity index (χ1n) is 7.74. The van der Waals surface area contributed by atoms with Crippen molar-refractivity contribution >= 4 is 5.97 Å². The molecule has 1 aromatic carbocycles. The van der Waals surface area contributed by atoms with E-state index in [0.717, 1.165) is 0 Å². The largest absolute Gasteiger partial charge is 0.472 e. The van der Waals surface area contributed by atoms with Gasteiger partial charge in [0.05, 0.1) is 23.4 Å². The van der Waals surface area contributed by atoms with Crippen molar-refractivity contribution in [1.29, 1.82) is 5.26 Å². The molecule has 0 N–H and O–H groups in total. The SMILES string of the molecule is CCOC(=O)c1cc(C#N)c(OCc2cc(C(F)(F)F)ccc2F)nc1C.